The van der Waals surface area contributed by atoms with Crippen molar-refractivity contribution in [3.8, 4) is 17.3 Å². The molecule has 1 aliphatic carbocycles. The smallest absolute Gasteiger partial charge is 0.347 e. The van der Waals surface area contributed by atoms with E-state index in [1.54, 1.807) is 31.2 Å². The number of benzene rings is 1. The number of ether oxygens (including phenoxy) is 2. The van der Waals surface area contributed by atoms with Crippen molar-refractivity contribution in [2.45, 2.75) is 64.6 Å². The van der Waals surface area contributed by atoms with Gasteiger partial charge in [0.05, 0.1) is 11.6 Å². The highest BCUT2D eigenvalue weighted by Crippen LogP contribution is 2.32. The molecule has 3 aromatic rings. The van der Waals surface area contributed by atoms with E-state index in [1.165, 1.54) is 12.7 Å². The Morgan fingerprint density at radius 2 is 2.00 bits per heavy atom. The van der Waals surface area contributed by atoms with E-state index in [9.17, 15) is 9.59 Å². The van der Waals surface area contributed by atoms with Crippen LogP contribution < -0.4 is 10.2 Å². The van der Waals surface area contributed by atoms with Gasteiger partial charge in [-0.05, 0) is 68.9 Å². The summed E-state index contributed by atoms with van der Waals surface area (Å²) in [6.45, 7) is 3.60. The third kappa shape index (κ3) is 4.13. The predicted molar refractivity (Wildman–Crippen MR) is 113 cm³/mol. The van der Waals surface area contributed by atoms with E-state index in [-0.39, 0.29) is 23.0 Å². The molecule has 1 saturated carbocycles. The molecular weight excluding hydrogens is 384 g/mol. The first-order valence-electron chi connectivity index (χ1n) is 10.6. The molecule has 0 aliphatic heterocycles. The molecule has 4 rings (SSSR count). The van der Waals surface area contributed by atoms with Crippen LogP contribution in [0.5, 0.6) is 5.75 Å². The zero-order chi connectivity index (χ0) is 21.1. The van der Waals surface area contributed by atoms with Gasteiger partial charge < -0.3 is 18.3 Å². The maximum absolute atomic E-state index is 13.3. The average molecular weight is 410 g/mol. The molecule has 0 N–H and O–H groups in total. The fourth-order valence-corrected chi connectivity index (χ4v) is 3.79. The molecule has 0 spiro atoms. The van der Waals surface area contributed by atoms with Crippen LogP contribution in [0.25, 0.3) is 22.5 Å². The van der Waals surface area contributed by atoms with Gasteiger partial charge in [0.2, 0.25) is 16.9 Å². The van der Waals surface area contributed by atoms with E-state index in [0.717, 1.165) is 37.7 Å². The number of hydrogen-bond acceptors (Lipinski definition) is 6. The predicted octanol–water partition coefficient (Wildman–Crippen LogP) is 5.26. The van der Waals surface area contributed by atoms with Crippen LogP contribution >= 0.6 is 0 Å². The van der Waals surface area contributed by atoms with Gasteiger partial charge in [0.25, 0.3) is 0 Å². The van der Waals surface area contributed by atoms with E-state index in [0.29, 0.717) is 16.7 Å². The SMILES string of the molecule is CCc1ccc2oc(-c3ccco3)c(OC(C)C(=O)OC3CCCCC3)c(=O)c2c1. The number of carbonyl (C=O) groups excluding carboxylic acids is 1. The summed E-state index contributed by atoms with van der Waals surface area (Å²) in [5.41, 5.74) is 1.11. The zero-order valence-electron chi connectivity index (χ0n) is 17.3. The number of esters is 1. The second-order valence-corrected chi connectivity index (χ2v) is 7.71. The third-order valence-corrected chi connectivity index (χ3v) is 5.53. The van der Waals surface area contributed by atoms with Gasteiger partial charge in [-0.3, -0.25) is 4.79 Å². The number of carbonyl (C=O) groups is 1. The number of hydrogen-bond donors (Lipinski definition) is 0. The third-order valence-electron chi connectivity index (χ3n) is 5.53. The molecule has 1 atom stereocenters. The lowest BCUT2D eigenvalue weighted by molar-refractivity contribution is -0.158. The Labute approximate surface area is 174 Å². The van der Waals surface area contributed by atoms with E-state index in [2.05, 4.69) is 0 Å². The minimum absolute atomic E-state index is 0.0428. The Hall–Kier alpha value is -3.02. The Kier molecular flexibility index (Phi) is 5.93. The topological polar surface area (TPSA) is 78.9 Å². The highest BCUT2D eigenvalue weighted by molar-refractivity contribution is 5.82. The summed E-state index contributed by atoms with van der Waals surface area (Å²) in [5.74, 6) is 0.00313. The normalized spacial score (nSPS) is 15.8. The molecule has 0 bridgehead atoms. The van der Waals surface area contributed by atoms with Crippen LogP contribution in [0.1, 0.15) is 51.5 Å². The molecule has 1 fully saturated rings. The Morgan fingerprint density at radius 1 is 1.20 bits per heavy atom. The van der Waals surface area contributed by atoms with Crippen molar-refractivity contribution in [2.24, 2.45) is 0 Å². The maximum atomic E-state index is 13.3. The summed E-state index contributed by atoms with van der Waals surface area (Å²) in [4.78, 5) is 25.9. The lowest BCUT2D eigenvalue weighted by Gasteiger charge is -2.23. The van der Waals surface area contributed by atoms with E-state index in [1.807, 2.05) is 13.0 Å². The summed E-state index contributed by atoms with van der Waals surface area (Å²) >= 11 is 0. The molecule has 0 amide bonds. The van der Waals surface area contributed by atoms with Crippen molar-refractivity contribution in [1.82, 2.24) is 0 Å². The molecule has 6 heteroatoms. The highest BCUT2D eigenvalue weighted by atomic mass is 16.6. The maximum Gasteiger partial charge on any atom is 0.347 e. The first-order valence-corrected chi connectivity index (χ1v) is 10.6. The number of furan rings is 1. The van der Waals surface area contributed by atoms with Crippen molar-refractivity contribution < 1.29 is 23.1 Å². The minimum atomic E-state index is -0.949. The summed E-state index contributed by atoms with van der Waals surface area (Å²) in [6.07, 6.45) is 6.28. The van der Waals surface area contributed by atoms with Gasteiger partial charge in [0, 0.05) is 0 Å². The summed E-state index contributed by atoms with van der Waals surface area (Å²) in [6, 6.07) is 8.87. The van der Waals surface area contributed by atoms with Gasteiger partial charge >= 0.3 is 5.97 Å². The molecule has 158 valence electrons. The Morgan fingerprint density at radius 3 is 2.70 bits per heavy atom. The van der Waals surface area contributed by atoms with Crippen LogP contribution in [0.3, 0.4) is 0 Å². The molecule has 2 aromatic heterocycles. The van der Waals surface area contributed by atoms with Crippen LogP contribution in [0.4, 0.5) is 0 Å². The van der Waals surface area contributed by atoms with Gasteiger partial charge in [-0.15, -0.1) is 0 Å². The van der Waals surface area contributed by atoms with Crippen LogP contribution in [-0.2, 0) is 16.0 Å². The standard InChI is InChI=1S/C24H26O6/c1-3-16-11-12-19-18(14-16)21(25)23(22(30-19)20-10-7-13-27-20)28-15(2)24(26)29-17-8-5-4-6-9-17/h7,10-15,17H,3-6,8-9H2,1-2H3. The zero-order valence-corrected chi connectivity index (χ0v) is 17.3. The van der Waals surface area contributed by atoms with Gasteiger partial charge in [-0.25, -0.2) is 4.79 Å². The molecule has 1 aliphatic rings. The van der Waals surface area contributed by atoms with Crippen molar-refractivity contribution in [3.63, 3.8) is 0 Å². The van der Waals surface area contributed by atoms with Crippen LogP contribution in [0, 0.1) is 0 Å². The fourth-order valence-electron chi connectivity index (χ4n) is 3.79. The van der Waals surface area contributed by atoms with Crippen LogP contribution in [0.2, 0.25) is 0 Å². The largest absolute Gasteiger partial charge is 0.471 e. The van der Waals surface area contributed by atoms with Gasteiger partial charge in [-0.1, -0.05) is 19.4 Å². The highest BCUT2D eigenvalue weighted by Gasteiger charge is 2.27. The Balaban J connectivity index is 1.68. The van der Waals surface area contributed by atoms with E-state index >= 15 is 0 Å². The lowest BCUT2D eigenvalue weighted by atomic mass is 9.98. The van der Waals surface area contributed by atoms with Crippen molar-refractivity contribution >= 4 is 16.9 Å². The van der Waals surface area contributed by atoms with Gasteiger partial charge in [0.15, 0.2) is 11.9 Å². The van der Waals surface area contributed by atoms with Crippen LogP contribution in [-0.4, -0.2) is 18.2 Å². The van der Waals surface area contributed by atoms with E-state index < -0.39 is 12.1 Å². The number of fused-ring (bicyclic) bond motifs is 1. The molecule has 1 unspecified atom stereocenters. The number of rotatable bonds is 6. The summed E-state index contributed by atoms with van der Waals surface area (Å²) in [7, 11) is 0. The second kappa shape index (κ2) is 8.78. The summed E-state index contributed by atoms with van der Waals surface area (Å²) in [5, 5.41) is 0.410. The second-order valence-electron chi connectivity index (χ2n) is 7.71. The summed E-state index contributed by atoms with van der Waals surface area (Å²) < 4.78 is 22.9. The van der Waals surface area contributed by atoms with Crippen molar-refractivity contribution in [3.05, 3.63) is 52.4 Å². The molecule has 0 saturated heterocycles. The molecule has 6 nitrogen and oxygen atoms in total. The molecule has 2 heterocycles. The average Bonchev–Trinajstić information content (AvgIpc) is 3.30. The fraction of sp³-hybridized carbons (Fsp3) is 0.417. The van der Waals surface area contributed by atoms with Crippen molar-refractivity contribution in [2.75, 3.05) is 0 Å². The monoisotopic (exact) mass is 410 g/mol. The number of aryl methyl sites for hydroxylation is 1. The van der Waals surface area contributed by atoms with E-state index in [4.69, 9.17) is 18.3 Å². The minimum Gasteiger partial charge on any atom is -0.471 e. The van der Waals surface area contributed by atoms with Gasteiger partial charge in [-0.2, -0.15) is 0 Å². The molecular formula is C24H26O6. The molecule has 30 heavy (non-hydrogen) atoms. The first kappa shape index (κ1) is 20.3. The van der Waals surface area contributed by atoms with Crippen LogP contribution in [0.15, 0.2) is 50.2 Å². The molecule has 1 aromatic carbocycles. The molecule has 0 radical (unpaired) electrons. The van der Waals surface area contributed by atoms with Gasteiger partial charge in [0.1, 0.15) is 11.7 Å². The quantitative estimate of drug-likeness (QED) is 0.516. The van der Waals surface area contributed by atoms with Crippen molar-refractivity contribution in [1.29, 1.82) is 0 Å². The lowest BCUT2D eigenvalue weighted by Crippen LogP contribution is -2.32. The first-order chi connectivity index (χ1) is 14.6. The Bertz CT molecular complexity index is 1070.